The molecule has 3 heterocycles. The van der Waals surface area contributed by atoms with Crippen LogP contribution in [0.2, 0.25) is 0 Å². The molecule has 0 aliphatic carbocycles. The lowest BCUT2D eigenvalue weighted by Gasteiger charge is -2.34. The van der Waals surface area contributed by atoms with Crippen molar-refractivity contribution in [3.05, 3.63) is 66.0 Å². The van der Waals surface area contributed by atoms with Crippen LogP contribution in [0.15, 0.2) is 54.7 Å². The van der Waals surface area contributed by atoms with E-state index in [0.717, 1.165) is 11.4 Å². The number of piperidine rings is 1. The lowest BCUT2D eigenvalue weighted by atomic mass is 9.90. The van der Waals surface area contributed by atoms with E-state index >= 15 is 0 Å². The van der Waals surface area contributed by atoms with E-state index in [9.17, 15) is 9.59 Å². The number of hydrogen-bond donors (Lipinski definition) is 1. The quantitative estimate of drug-likeness (QED) is 0.439. The highest BCUT2D eigenvalue weighted by molar-refractivity contribution is 6.05. The van der Waals surface area contributed by atoms with Gasteiger partial charge in [0.25, 0.3) is 5.91 Å². The molecule has 0 saturated carbocycles. The Morgan fingerprint density at radius 2 is 1.64 bits per heavy atom. The number of amides is 2. The van der Waals surface area contributed by atoms with Gasteiger partial charge in [-0.1, -0.05) is 32.0 Å². The fourth-order valence-corrected chi connectivity index (χ4v) is 4.68. The Morgan fingerprint density at radius 3 is 2.31 bits per heavy atom. The second-order valence-electron chi connectivity index (χ2n) is 10.2. The minimum atomic E-state index is -0.543. The van der Waals surface area contributed by atoms with Crippen molar-refractivity contribution in [1.82, 2.24) is 14.7 Å². The first-order valence-corrected chi connectivity index (χ1v) is 13.6. The van der Waals surface area contributed by atoms with E-state index in [4.69, 9.17) is 14.2 Å². The number of ether oxygens (including phenoxy) is 3. The third kappa shape index (κ3) is 6.71. The van der Waals surface area contributed by atoms with Crippen molar-refractivity contribution in [3.63, 3.8) is 0 Å². The molecule has 1 fully saturated rings. The van der Waals surface area contributed by atoms with Crippen molar-refractivity contribution in [2.75, 3.05) is 31.6 Å². The van der Waals surface area contributed by atoms with Gasteiger partial charge in [-0.3, -0.25) is 4.79 Å². The van der Waals surface area contributed by atoms with Crippen LogP contribution in [-0.2, 0) is 4.74 Å². The number of fused-ring (bicyclic) bond motifs is 1. The molecule has 9 heteroatoms. The van der Waals surface area contributed by atoms with Gasteiger partial charge >= 0.3 is 6.09 Å². The Balaban J connectivity index is 0.00000172. The highest BCUT2D eigenvalue weighted by Crippen LogP contribution is 2.35. The van der Waals surface area contributed by atoms with E-state index in [-0.39, 0.29) is 17.9 Å². The summed E-state index contributed by atoms with van der Waals surface area (Å²) in [6, 6.07) is 15.1. The number of benzene rings is 2. The summed E-state index contributed by atoms with van der Waals surface area (Å²) in [5.74, 6) is 1.07. The van der Waals surface area contributed by atoms with E-state index in [1.54, 1.807) is 29.3 Å². The summed E-state index contributed by atoms with van der Waals surface area (Å²) in [6.45, 7) is 11.7. The maximum Gasteiger partial charge on any atom is 0.410 e. The van der Waals surface area contributed by atoms with Crippen molar-refractivity contribution >= 4 is 17.7 Å². The van der Waals surface area contributed by atoms with E-state index in [2.05, 4.69) is 10.4 Å². The lowest BCUT2D eigenvalue weighted by Crippen LogP contribution is -2.41. The van der Waals surface area contributed by atoms with Crippen molar-refractivity contribution in [3.8, 4) is 17.2 Å². The van der Waals surface area contributed by atoms with Gasteiger partial charge in [0.2, 0.25) is 0 Å². The minimum Gasteiger partial charge on any atom is -0.486 e. The number of para-hydroxylation sites is 1. The Kier molecular flexibility index (Phi) is 8.79. The number of hydrogen-bond acceptors (Lipinski definition) is 6. The lowest BCUT2D eigenvalue weighted by molar-refractivity contribution is 0.0203. The summed E-state index contributed by atoms with van der Waals surface area (Å²) in [4.78, 5) is 27.8. The summed E-state index contributed by atoms with van der Waals surface area (Å²) in [5.41, 5.74) is 2.30. The van der Waals surface area contributed by atoms with Crippen molar-refractivity contribution in [2.45, 2.75) is 59.0 Å². The molecule has 3 aromatic rings. The van der Waals surface area contributed by atoms with Crippen LogP contribution in [0.4, 0.5) is 10.5 Å². The number of nitrogens with one attached hydrogen (secondary N) is 1. The summed E-state index contributed by atoms with van der Waals surface area (Å²) in [5, 5.41) is 7.60. The molecule has 1 N–H and O–H groups in total. The molecule has 0 radical (unpaired) electrons. The molecule has 2 aromatic carbocycles. The van der Waals surface area contributed by atoms with E-state index < -0.39 is 5.60 Å². The van der Waals surface area contributed by atoms with E-state index in [1.807, 2.05) is 69.6 Å². The Labute approximate surface area is 230 Å². The van der Waals surface area contributed by atoms with Crippen molar-refractivity contribution in [2.24, 2.45) is 0 Å². The molecule has 2 aliphatic heterocycles. The van der Waals surface area contributed by atoms with Crippen LogP contribution in [0, 0.1) is 0 Å². The predicted octanol–water partition coefficient (Wildman–Crippen LogP) is 6.04. The standard InChI is InChI=1S/C28H32N4O5.C2H6/c1-28(2,3)37-27(34)31-13-11-19(12-14-31)25-22(18-29-32(25)21-7-5-4-6-8-21)26(33)30-20-9-10-23-24(17-20)36-16-15-35-23;1-2/h4-10,17-19H,11-16H2,1-3H3,(H,30,33);1-2H3. The molecule has 0 bridgehead atoms. The summed E-state index contributed by atoms with van der Waals surface area (Å²) >= 11 is 0. The maximum atomic E-state index is 13.5. The first kappa shape index (κ1) is 28.0. The monoisotopic (exact) mass is 534 g/mol. The van der Waals surface area contributed by atoms with Gasteiger partial charge in [0.1, 0.15) is 18.8 Å². The van der Waals surface area contributed by atoms with Crippen LogP contribution >= 0.6 is 0 Å². The molecule has 208 valence electrons. The van der Waals surface area contributed by atoms with Crippen LogP contribution in [0.1, 0.15) is 69.4 Å². The molecule has 1 saturated heterocycles. The van der Waals surface area contributed by atoms with Gasteiger partial charge in [0.05, 0.1) is 23.1 Å². The highest BCUT2D eigenvalue weighted by atomic mass is 16.6. The van der Waals surface area contributed by atoms with E-state index in [1.165, 1.54) is 0 Å². The number of rotatable bonds is 4. The molecule has 0 atom stereocenters. The second kappa shape index (κ2) is 12.2. The van der Waals surface area contributed by atoms with Crippen LogP contribution in [0.3, 0.4) is 0 Å². The fraction of sp³-hybridized carbons (Fsp3) is 0.433. The Morgan fingerprint density at radius 1 is 0.974 bits per heavy atom. The molecule has 1 aromatic heterocycles. The molecule has 0 unspecified atom stereocenters. The molecule has 39 heavy (non-hydrogen) atoms. The highest BCUT2D eigenvalue weighted by Gasteiger charge is 2.32. The van der Waals surface area contributed by atoms with Gasteiger partial charge in [0.15, 0.2) is 11.5 Å². The smallest absolute Gasteiger partial charge is 0.410 e. The van der Waals surface area contributed by atoms with E-state index in [0.29, 0.717) is 61.9 Å². The summed E-state index contributed by atoms with van der Waals surface area (Å²) in [6.07, 6.45) is 2.71. The zero-order valence-corrected chi connectivity index (χ0v) is 23.4. The van der Waals surface area contributed by atoms with Crippen LogP contribution in [-0.4, -0.2) is 58.6 Å². The number of carbonyl (C=O) groups excluding carboxylic acids is 2. The molecular formula is C30H38N4O5. The van der Waals surface area contributed by atoms with Gasteiger partial charge in [-0.25, -0.2) is 9.48 Å². The normalized spacial score (nSPS) is 15.2. The van der Waals surface area contributed by atoms with Gasteiger partial charge in [-0.15, -0.1) is 0 Å². The number of aromatic nitrogens is 2. The van der Waals surface area contributed by atoms with Gasteiger partial charge in [-0.05, 0) is 57.9 Å². The molecule has 2 amide bonds. The predicted molar refractivity (Wildman–Crippen MR) is 150 cm³/mol. The molecule has 5 rings (SSSR count). The summed E-state index contributed by atoms with van der Waals surface area (Å²) in [7, 11) is 0. The zero-order chi connectivity index (χ0) is 28.0. The SMILES string of the molecule is CC.CC(C)(C)OC(=O)N1CCC(c2c(C(=O)Nc3ccc4c(c3)OCCO4)cnn2-c2ccccc2)CC1. The topological polar surface area (TPSA) is 94.9 Å². The average molecular weight is 535 g/mol. The van der Waals surface area contributed by atoms with Gasteiger partial charge < -0.3 is 24.4 Å². The largest absolute Gasteiger partial charge is 0.486 e. The Hall–Kier alpha value is -4.01. The summed E-state index contributed by atoms with van der Waals surface area (Å²) < 4.78 is 18.6. The maximum absolute atomic E-state index is 13.5. The molecule has 0 spiro atoms. The molecule has 9 nitrogen and oxygen atoms in total. The molecular weight excluding hydrogens is 496 g/mol. The number of likely N-dealkylation sites (tertiary alicyclic amines) is 1. The van der Waals surface area contributed by atoms with Crippen LogP contribution in [0.25, 0.3) is 5.69 Å². The zero-order valence-electron chi connectivity index (χ0n) is 23.4. The minimum absolute atomic E-state index is 0.0439. The van der Waals surface area contributed by atoms with Crippen molar-refractivity contribution < 1.29 is 23.8 Å². The van der Waals surface area contributed by atoms with Crippen LogP contribution in [0.5, 0.6) is 11.5 Å². The van der Waals surface area contributed by atoms with Gasteiger partial charge in [0, 0.05) is 30.8 Å². The number of nitrogens with zero attached hydrogens (tertiary/aromatic N) is 3. The Bertz CT molecular complexity index is 1270. The third-order valence-electron chi connectivity index (χ3n) is 6.39. The second-order valence-corrected chi connectivity index (χ2v) is 10.2. The fourth-order valence-electron chi connectivity index (χ4n) is 4.68. The number of anilines is 1. The third-order valence-corrected chi connectivity index (χ3v) is 6.39. The first-order chi connectivity index (χ1) is 18.8. The molecule has 2 aliphatic rings. The first-order valence-electron chi connectivity index (χ1n) is 13.6. The van der Waals surface area contributed by atoms with Crippen molar-refractivity contribution in [1.29, 1.82) is 0 Å². The van der Waals surface area contributed by atoms with Gasteiger partial charge in [-0.2, -0.15) is 5.10 Å². The average Bonchev–Trinajstić information content (AvgIpc) is 3.39. The number of carbonyl (C=O) groups is 2. The van der Waals surface area contributed by atoms with Crippen LogP contribution < -0.4 is 14.8 Å².